The molecule has 0 saturated carbocycles. The molecule has 0 heterocycles. The van der Waals surface area contributed by atoms with Crippen LogP contribution in [0.15, 0.2) is 64.5 Å². The fourth-order valence-electron chi connectivity index (χ4n) is 2.50. The van der Waals surface area contributed by atoms with E-state index in [9.17, 15) is 8.42 Å². The van der Waals surface area contributed by atoms with E-state index in [0.29, 0.717) is 12.5 Å². The minimum absolute atomic E-state index is 0.0910. The molecule has 0 aromatic heterocycles. The smallest absolute Gasteiger partial charge is 0.240 e. The van der Waals surface area contributed by atoms with Gasteiger partial charge in [0.25, 0.3) is 0 Å². The van der Waals surface area contributed by atoms with Crippen molar-refractivity contribution in [2.75, 3.05) is 19.6 Å². The number of guanidine groups is 1. The number of rotatable bonds is 8. The lowest BCUT2D eigenvalue weighted by Crippen LogP contribution is -2.39. The maximum absolute atomic E-state index is 12.3. The van der Waals surface area contributed by atoms with Crippen molar-refractivity contribution in [3.63, 3.8) is 0 Å². The molecule has 2 aromatic rings. The summed E-state index contributed by atoms with van der Waals surface area (Å²) in [7, 11) is -3.51. The molecule has 0 amide bonds. The summed E-state index contributed by atoms with van der Waals surface area (Å²) < 4.78 is 27.2. The van der Waals surface area contributed by atoms with Crippen LogP contribution in [0.3, 0.4) is 0 Å². The summed E-state index contributed by atoms with van der Waals surface area (Å²) in [6.45, 7) is 7.26. The molecule has 146 valence electrons. The Morgan fingerprint density at radius 1 is 1.07 bits per heavy atom. The minimum Gasteiger partial charge on any atom is -0.357 e. The lowest BCUT2D eigenvalue weighted by molar-refractivity contribution is 0.582. The Balaban J connectivity index is 1.92. The van der Waals surface area contributed by atoms with Crippen LogP contribution in [0.5, 0.6) is 0 Å². The first-order valence-corrected chi connectivity index (χ1v) is 10.6. The van der Waals surface area contributed by atoms with Crippen molar-refractivity contribution in [2.45, 2.75) is 31.7 Å². The quantitative estimate of drug-likeness (QED) is 0.369. The van der Waals surface area contributed by atoms with Gasteiger partial charge in [0, 0.05) is 13.1 Å². The highest BCUT2D eigenvalue weighted by molar-refractivity contribution is 7.89. The molecule has 7 heteroatoms. The van der Waals surface area contributed by atoms with Crippen LogP contribution in [-0.2, 0) is 10.0 Å². The zero-order valence-electron chi connectivity index (χ0n) is 16.1. The second-order valence-corrected chi connectivity index (χ2v) is 8.02. The molecule has 6 nitrogen and oxygen atoms in total. The van der Waals surface area contributed by atoms with Gasteiger partial charge in [0.05, 0.1) is 17.5 Å². The van der Waals surface area contributed by atoms with Gasteiger partial charge in [-0.3, -0.25) is 4.99 Å². The summed E-state index contributed by atoms with van der Waals surface area (Å²) >= 11 is 0. The number of sulfonamides is 1. The first kappa shape index (κ1) is 20.9. The number of benzene rings is 2. The van der Waals surface area contributed by atoms with E-state index >= 15 is 0 Å². The summed E-state index contributed by atoms with van der Waals surface area (Å²) in [6, 6.07) is 16.9. The number of aryl methyl sites for hydroxylation is 1. The van der Waals surface area contributed by atoms with Gasteiger partial charge in [0.15, 0.2) is 5.96 Å². The fraction of sp³-hybridized carbons (Fsp3) is 0.350. The molecule has 27 heavy (non-hydrogen) atoms. The van der Waals surface area contributed by atoms with Crippen molar-refractivity contribution < 1.29 is 8.42 Å². The molecule has 0 saturated heterocycles. The molecule has 0 aliphatic carbocycles. The molecule has 0 aliphatic rings. The zero-order valence-corrected chi connectivity index (χ0v) is 16.9. The maximum atomic E-state index is 12.3. The molecule has 2 rings (SSSR count). The highest BCUT2D eigenvalue weighted by Gasteiger charge is 2.12. The Bertz CT molecular complexity index is 834. The Hall–Kier alpha value is -2.38. The second-order valence-electron chi connectivity index (χ2n) is 6.25. The summed E-state index contributed by atoms with van der Waals surface area (Å²) in [4.78, 5) is 4.72. The Morgan fingerprint density at radius 2 is 1.74 bits per heavy atom. The Kier molecular flexibility index (Phi) is 7.82. The Morgan fingerprint density at radius 3 is 2.37 bits per heavy atom. The maximum Gasteiger partial charge on any atom is 0.240 e. The highest BCUT2D eigenvalue weighted by atomic mass is 32.2. The first-order valence-electron chi connectivity index (χ1n) is 9.08. The second kappa shape index (κ2) is 10.1. The standard InChI is InChI=1S/C20H28N4O2S/c1-4-21-20(24-17(3)18-8-6-5-7-9-18)22-14-15-23-27(25,26)19-12-10-16(2)11-13-19/h5-13,17,23H,4,14-15H2,1-3H3,(H2,21,22,24). The van der Waals surface area contributed by atoms with Gasteiger partial charge in [-0.2, -0.15) is 0 Å². The van der Waals surface area contributed by atoms with Crippen LogP contribution in [-0.4, -0.2) is 34.0 Å². The number of hydrogen-bond donors (Lipinski definition) is 3. The summed E-state index contributed by atoms with van der Waals surface area (Å²) in [5, 5.41) is 6.51. The van der Waals surface area contributed by atoms with E-state index in [1.807, 2.05) is 32.0 Å². The van der Waals surface area contributed by atoms with Gasteiger partial charge in [-0.25, -0.2) is 13.1 Å². The predicted molar refractivity (Wildman–Crippen MR) is 110 cm³/mol. The monoisotopic (exact) mass is 388 g/mol. The SMILES string of the molecule is CCNC(=NCCNS(=O)(=O)c1ccc(C)cc1)NC(C)c1ccccc1. The average Bonchev–Trinajstić information content (AvgIpc) is 2.66. The van der Waals surface area contributed by atoms with Gasteiger partial charge >= 0.3 is 0 Å². The van der Waals surface area contributed by atoms with E-state index in [-0.39, 0.29) is 17.5 Å². The largest absolute Gasteiger partial charge is 0.357 e. The van der Waals surface area contributed by atoms with Gasteiger partial charge in [0.2, 0.25) is 10.0 Å². The van der Waals surface area contributed by atoms with Crippen LogP contribution in [0.1, 0.15) is 31.0 Å². The van der Waals surface area contributed by atoms with Crippen molar-refractivity contribution in [1.82, 2.24) is 15.4 Å². The van der Waals surface area contributed by atoms with E-state index in [1.54, 1.807) is 24.3 Å². The van der Waals surface area contributed by atoms with Crippen LogP contribution < -0.4 is 15.4 Å². The highest BCUT2D eigenvalue weighted by Crippen LogP contribution is 2.11. The van der Waals surface area contributed by atoms with Gasteiger partial charge in [0.1, 0.15) is 0 Å². The van der Waals surface area contributed by atoms with Crippen LogP contribution >= 0.6 is 0 Å². The van der Waals surface area contributed by atoms with Crippen LogP contribution in [0.2, 0.25) is 0 Å². The molecular formula is C20H28N4O2S. The van der Waals surface area contributed by atoms with Crippen LogP contribution in [0.25, 0.3) is 0 Å². The van der Waals surface area contributed by atoms with E-state index < -0.39 is 10.0 Å². The van der Waals surface area contributed by atoms with Crippen molar-refractivity contribution in [1.29, 1.82) is 0 Å². The number of aliphatic imine (C=N–C) groups is 1. The van der Waals surface area contributed by atoms with Crippen LogP contribution in [0, 0.1) is 6.92 Å². The minimum atomic E-state index is -3.51. The number of nitrogens with zero attached hydrogens (tertiary/aromatic N) is 1. The molecule has 0 bridgehead atoms. The number of hydrogen-bond acceptors (Lipinski definition) is 3. The van der Waals surface area contributed by atoms with Crippen molar-refractivity contribution >= 4 is 16.0 Å². The van der Waals surface area contributed by atoms with Crippen molar-refractivity contribution in [3.05, 3.63) is 65.7 Å². The molecule has 1 atom stereocenters. The molecule has 0 fully saturated rings. The normalized spacial score (nSPS) is 13.2. The third kappa shape index (κ3) is 6.69. The molecule has 1 unspecified atom stereocenters. The lowest BCUT2D eigenvalue weighted by Gasteiger charge is -2.18. The van der Waals surface area contributed by atoms with Gasteiger partial charge in [-0.05, 0) is 38.5 Å². The zero-order chi connectivity index (χ0) is 19.7. The van der Waals surface area contributed by atoms with Crippen molar-refractivity contribution in [2.24, 2.45) is 4.99 Å². The van der Waals surface area contributed by atoms with E-state index in [0.717, 1.165) is 17.7 Å². The van der Waals surface area contributed by atoms with E-state index in [2.05, 4.69) is 39.4 Å². The predicted octanol–water partition coefficient (Wildman–Crippen LogP) is 2.59. The molecule has 2 aromatic carbocycles. The van der Waals surface area contributed by atoms with Gasteiger partial charge in [-0.15, -0.1) is 0 Å². The molecular weight excluding hydrogens is 360 g/mol. The molecule has 0 aliphatic heterocycles. The summed E-state index contributed by atoms with van der Waals surface area (Å²) in [5.74, 6) is 0.656. The molecule has 0 spiro atoms. The fourth-order valence-corrected chi connectivity index (χ4v) is 3.52. The van der Waals surface area contributed by atoms with Gasteiger partial charge in [-0.1, -0.05) is 48.0 Å². The molecule has 3 N–H and O–H groups in total. The average molecular weight is 389 g/mol. The first-order chi connectivity index (χ1) is 12.9. The topological polar surface area (TPSA) is 82.6 Å². The van der Waals surface area contributed by atoms with Crippen molar-refractivity contribution in [3.8, 4) is 0 Å². The molecule has 0 radical (unpaired) electrons. The third-order valence-electron chi connectivity index (χ3n) is 4.00. The number of nitrogens with one attached hydrogen (secondary N) is 3. The summed E-state index contributed by atoms with van der Waals surface area (Å²) in [6.07, 6.45) is 0. The van der Waals surface area contributed by atoms with E-state index in [4.69, 9.17) is 0 Å². The van der Waals surface area contributed by atoms with Gasteiger partial charge < -0.3 is 10.6 Å². The van der Waals surface area contributed by atoms with E-state index in [1.165, 1.54) is 0 Å². The summed E-state index contributed by atoms with van der Waals surface area (Å²) in [5.41, 5.74) is 2.18. The van der Waals surface area contributed by atoms with Crippen LogP contribution in [0.4, 0.5) is 0 Å². The Labute approximate surface area is 162 Å². The lowest BCUT2D eigenvalue weighted by atomic mass is 10.1. The third-order valence-corrected chi connectivity index (χ3v) is 5.48.